The minimum absolute atomic E-state index is 0.207. The number of unbranched alkanes of at least 4 members (excludes halogenated alkanes) is 1. The minimum Gasteiger partial charge on any atom is -0.380 e. The van der Waals surface area contributed by atoms with Crippen LogP contribution in [0.1, 0.15) is 26.7 Å². The van der Waals surface area contributed by atoms with Crippen molar-refractivity contribution in [1.82, 2.24) is 5.43 Å². The maximum absolute atomic E-state index is 11.2. The van der Waals surface area contributed by atoms with Crippen LogP contribution in [-0.2, 0) is 9.53 Å². The highest BCUT2D eigenvalue weighted by atomic mass is 16.5. The van der Waals surface area contributed by atoms with Gasteiger partial charge in [-0.05, 0) is 26.7 Å². The molecule has 14 heavy (non-hydrogen) atoms. The van der Waals surface area contributed by atoms with Crippen LogP contribution in [0.3, 0.4) is 0 Å². The van der Waals surface area contributed by atoms with E-state index in [2.05, 4.69) is 12.0 Å². The van der Waals surface area contributed by atoms with Crippen LogP contribution in [0, 0.1) is 5.41 Å². The molecule has 0 aromatic heterocycles. The summed E-state index contributed by atoms with van der Waals surface area (Å²) in [5.41, 5.74) is 1.56. The fraction of sp³-hybridized carbons (Fsp3) is 0.700. The quantitative estimate of drug-likeness (QED) is 0.212. The Balaban J connectivity index is 3.65. The molecule has 0 saturated carbocycles. The summed E-state index contributed by atoms with van der Waals surface area (Å²) in [6.07, 6.45) is 3.72. The van der Waals surface area contributed by atoms with E-state index in [0.717, 1.165) is 12.8 Å². The van der Waals surface area contributed by atoms with Crippen molar-refractivity contribution >= 4 is 5.91 Å². The van der Waals surface area contributed by atoms with Crippen molar-refractivity contribution in [3.8, 4) is 0 Å². The summed E-state index contributed by atoms with van der Waals surface area (Å²) in [7, 11) is 0. The van der Waals surface area contributed by atoms with E-state index in [0.29, 0.717) is 13.2 Å². The third-order valence-corrected chi connectivity index (χ3v) is 1.91. The first kappa shape index (κ1) is 13.1. The van der Waals surface area contributed by atoms with Crippen LogP contribution in [0.25, 0.3) is 0 Å². The second-order valence-electron chi connectivity index (χ2n) is 3.84. The Hall–Kier alpha value is -0.870. The maximum atomic E-state index is 11.2. The van der Waals surface area contributed by atoms with Crippen molar-refractivity contribution in [2.75, 3.05) is 13.2 Å². The number of hydrogen-bond donors (Lipinski definition) is 2. The largest absolute Gasteiger partial charge is 0.380 e. The molecule has 0 heterocycles. The van der Waals surface area contributed by atoms with Crippen LogP contribution < -0.4 is 11.3 Å². The first-order valence-electron chi connectivity index (χ1n) is 4.74. The zero-order chi connectivity index (χ0) is 11.0. The monoisotopic (exact) mass is 200 g/mol. The van der Waals surface area contributed by atoms with Crippen LogP contribution in [0.4, 0.5) is 0 Å². The van der Waals surface area contributed by atoms with Crippen molar-refractivity contribution in [2.24, 2.45) is 11.3 Å². The van der Waals surface area contributed by atoms with Crippen molar-refractivity contribution in [2.45, 2.75) is 26.7 Å². The molecular weight excluding hydrogens is 180 g/mol. The van der Waals surface area contributed by atoms with Crippen LogP contribution in [0.5, 0.6) is 0 Å². The van der Waals surface area contributed by atoms with Gasteiger partial charge in [0.1, 0.15) is 0 Å². The van der Waals surface area contributed by atoms with E-state index in [1.165, 1.54) is 0 Å². The summed E-state index contributed by atoms with van der Waals surface area (Å²) in [5, 5.41) is 0. The average molecular weight is 200 g/mol. The van der Waals surface area contributed by atoms with Gasteiger partial charge in [-0.2, -0.15) is 0 Å². The van der Waals surface area contributed by atoms with Crippen LogP contribution >= 0.6 is 0 Å². The number of hydrogen-bond acceptors (Lipinski definition) is 3. The normalized spacial score (nSPS) is 11.1. The van der Waals surface area contributed by atoms with Crippen molar-refractivity contribution in [3.05, 3.63) is 12.7 Å². The Labute approximate surface area is 85.5 Å². The predicted octanol–water partition coefficient (Wildman–Crippen LogP) is 0.985. The molecule has 0 atom stereocenters. The minimum atomic E-state index is -0.567. The van der Waals surface area contributed by atoms with Gasteiger partial charge in [-0.3, -0.25) is 10.2 Å². The number of allylic oxidation sites excluding steroid dienone is 1. The van der Waals surface area contributed by atoms with E-state index < -0.39 is 5.41 Å². The Bertz CT molecular complexity index is 191. The van der Waals surface area contributed by atoms with Crippen molar-refractivity contribution < 1.29 is 9.53 Å². The molecule has 0 aromatic rings. The lowest BCUT2D eigenvalue weighted by atomic mass is 9.94. The van der Waals surface area contributed by atoms with E-state index in [9.17, 15) is 4.79 Å². The van der Waals surface area contributed by atoms with Gasteiger partial charge in [0.05, 0.1) is 12.0 Å². The molecule has 0 rings (SSSR count). The molecular formula is C10H20N2O2. The van der Waals surface area contributed by atoms with Crippen LogP contribution in [0.15, 0.2) is 12.7 Å². The summed E-state index contributed by atoms with van der Waals surface area (Å²) >= 11 is 0. The van der Waals surface area contributed by atoms with Gasteiger partial charge in [0, 0.05) is 6.61 Å². The summed E-state index contributed by atoms with van der Waals surface area (Å²) in [4.78, 5) is 11.2. The maximum Gasteiger partial charge on any atom is 0.241 e. The molecule has 82 valence electrons. The van der Waals surface area contributed by atoms with E-state index in [1.54, 1.807) is 13.8 Å². The summed E-state index contributed by atoms with van der Waals surface area (Å²) in [6, 6.07) is 0. The lowest BCUT2D eigenvalue weighted by molar-refractivity contribution is -0.132. The molecule has 0 aliphatic carbocycles. The number of nitrogens with two attached hydrogens (primary N) is 1. The van der Waals surface area contributed by atoms with E-state index in [4.69, 9.17) is 10.6 Å². The fourth-order valence-electron chi connectivity index (χ4n) is 0.918. The number of rotatable bonds is 7. The van der Waals surface area contributed by atoms with Crippen molar-refractivity contribution in [1.29, 1.82) is 0 Å². The lowest BCUT2D eigenvalue weighted by Crippen LogP contribution is -2.43. The van der Waals surface area contributed by atoms with Gasteiger partial charge in [-0.1, -0.05) is 6.08 Å². The SMILES string of the molecule is C=CCCCOCC(C)(C)C(=O)NN. The van der Waals surface area contributed by atoms with Gasteiger partial charge in [0.15, 0.2) is 0 Å². The smallest absolute Gasteiger partial charge is 0.241 e. The molecule has 0 fully saturated rings. The molecule has 4 heteroatoms. The highest BCUT2D eigenvalue weighted by Crippen LogP contribution is 2.15. The Morgan fingerprint density at radius 3 is 2.79 bits per heavy atom. The molecule has 4 nitrogen and oxygen atoms in total. The molecule has 0 unspecified atom stereocenters. The highest BCUT2D eigenvalue weighted by molar-refractivity contribution is 5.81. The second-order valence-corrected chi connectivity index (χ2v) is 3.84. The van der Waals surface area contributed by atoms with Crippen LogP contribution in [-0.4, -0.2) is 19.1 Å². The molecule has 0 aliphatic rings. The van der Waals surface area contributed by atoms with Gasteiger partial charge in [-0.25, -0.2) is 5.84 Å². The molecule has 0 aromatic carbocycles. The average Bonchev–Trinajstić information content (AvgIpc) is 2.16. The molecule has 0 aliphatic heterocycles. The number of nitrogens with one attached hydrogen (secondary N) is 1. The predicted molar refractivity (Wildman–Crippen MR) is 56.4 cm³/mol. The lowest BCUT2D eigenvalue weighted by Gasteiger charge is -2.21. The number of amides is 1. The standard InChI is InChI=1S/C10H20N2O2/c1-4-5-6-7-14-8-10(2,3)9(13)12-11/h4H,1,5-8,11H2,2-3H3,(H,12,13). The van der Waals surface area contributed by atoms with Gasteiger partial charge in [0.25, 0.3) is 0 Å². The number of hydrazine groups is 1. The molecule has 0 radical (unpaired) electrons. The van der Waals surface area contributed by atoms with Gasteiger partial charge >= 0.3 is 0 Å². The van der Waals surface area contributed by atoms with Gasteiger partial charge in [-0.15, -0.1) is 6.58 Å². The summed E-state index contributed by atoms with van der Waals surface area (Å²) in [5.74, 6) is 4.83. The van der Waals surface area contributed by atoms with Gasteiger partial charge < -0.3 is 4.74 Å². The zero-order valence-corrected chi connectivity index (χ0v) is 9.01. The number of ether oxygens (including phenoxy) is 1. The van der Waals surface area contributed by atoms with E-state index >= 15 is 0 Å². The molecule has 3 N–H and O–H groups in total. The van der Waals surface area contributed by atoms with E-state index in [-0.39, 0.29) is 5.91 Å². The summed E-state index contributed by atoms with van der Waals surface area (Å²) in [6.45, 7) is 8.23. The highest BCUT2D eigenvalue weighted by Gasteiger charge is 2.26. The summed E-state index contributed by atoms with van der Waals surface area (Å²) < 4.78 is 5.36. The molecule has 0 bridgehead atoms. The Morgan fingerprint density at radius 1 is 1.64 bits per heavy atom. The topological polar surface area (TPSA) is 64.3 Å². The number of carbonyl (C=O) groups is 1. The number of carbonyl (C=O) groups excluding carboxylic acids is 1. The molecule has 0 saturated heterocycles. The first-order valence-corrected chi connectivity index (χ1v) is 4.74. The second kappa shape index (κ2) is 6.56. The van der Waals surface area contributed by atoms with E-state index in [1.807, 2.05) is 6.08 Å². The first-order chi connectivity index (χ1) is 6.54. The third-order valence-electron chi connectivity index (χ3n) is 1.91. The van der Waals surface area contributed by atoms with Crippen LogP contribution in [0.2, 0.25) is 0 Å². The Kier molecular flexibility index (Phi) is 6.16. The zero-order valence-electron chi connectivity index (χ0n) is 9.01. The fourth-order valence-corrected chi connectivity index (χ4v) is 0.918. The van der Waals surface area contributed by atoms with Crippen molar-refractivity contribution in [3.63, 3.8) is 0 Å². The van der Waals surface area contributed by atoms with Gasteiger partial charge in [0.2, 0.25) is 5.91 Å². The molecule has 0 spiro atoms. The third kappa shape index (κ3) is 4.99. The molecule has 1 amide bonds. The Morgan fingerprint density at radius 2 is 2.29 bits per heavy atom.